The van der Waals surface area contributed by atoms with Gasteiger partial charge in [0.15, 0.2) is 0 Å². The lowest BCUT2D eigenvalue weighted by Crippen LogP contribution is -2.28. The Labute approximate surface area is 133 Å². The molecule has 0 aliphatic rings. The second-order valence-electron chi connectivity index (χ2n) is 4.13. The average Bonchev–Trinajstić information content (AvgIpc) is 2.46. The van der Waals surface area contributed by atoms with Crippen molar-refractivity contribution in [3.05, 3.63) is 58.6 Å². The second kappa shape index (κ2) is 7.13. The lowest BCUT2D eigenvalue weighted by molar-refractivity contribution is 0.323. The fourth-order valence-electron chi connectivity index (χ4n) is 1.60. The van der Waals surface area contributed by atoms with E-state index in [4.69, 9.17) is 27.9 Å². The number of rotatable bonds is 6. The van der Waals surface area contributed by atoms with Crippen molar-refractivity contribution in [1.82, 2.24) is 4.72 Å². The molecule has 0 radical (unpaired) electrons. The molecule has 0 unspecified atom stereocenters. The first kappa shape index (κ1) is 16.1. The molecule has 21 heavy (non-hydrogen) atoms. The summed E-state index contributed by atoms with van der Waals surface area (Å²) in [6.07, 6.45) is 0. The summed E-state index contributed by atoms with van der Waals surface area (Å²) in [6, 6.07) is 12.9. The van der Waals surface area contributed by atoms with Crippen LogP contribution in [0, 0.1) is 0 Å². The van der Waals surface area contributed by atoms with Gasteiger partial charge in [-0.15, -0.1) is 0 Å². The van der Waals surface area contributed by atoms with Gasteiger partial charge in [0.2, 0.25) is 10.0 Å². The third-order valence-electron chi connectivity index (χ3n) is 2.61. The Morgan fingerprint density at radius 3 is 2.33 bits per heavy atom. The number of benzene rings is 2. The number of hydrogen-bond donors (Lipinski definition) is 1. The van der Waals surface area contributed by atoms with Crippen LogP contribution in [0.3, 0.4) is 0 Å². The van der Waals surface area contributed by atoms with E-state index in [1.54, 1.807) is 24.3 Å². The van der Waals surface area contributed by atoms with Crippen LogP contribution in [0.25, 0.3) is 0 Å². The Kier molecular flexibility index (Phi) is 5.47. The zero-order valence-electron chi connectivity index (χ0n) is 10.9. The summed E-state index contributed by atoms with van der Waals surface area (Å²) in [7, 11) is -3.56. The molecule has 0 aliphatic heterocycles. The predicted molar refractivity (Wildman–Crippen MR) is 83.6 cm³/mol. The van der Waals surface area contributed by atoms with Crippen LogP contribution in [0.15, 0.2) is 53.4 Å². The lowest BCUT2D eigenvalue weighted by Gasteiger charge is -2.09. The minimum atomic E-state index is -3.56. The number of hydrogen-bond acceptors (Lipinski definition) is 3. The fraction of sp³-hybridized carbons (Fsp3) is 0.143. The van der Waals surface area contributed by atoms with Crippen LogP contribution < -0.4 is 9.46 Å². The zero-order chi connectivity index (χ0) is 15.3. The second-order valence-corrected chi connectivity index (χ2v) is 6.74. The third-order valence-corrected chi connectivity index (χ3v) is 4.65. The molecule has 0 saturated carbocycles. The molecule has 2 rings (SSSR count). The van der Waals surface area contributed by atoms with Crippen molar-refractivity contribution in [2.75, 3.05) is 13.2 Å². The molecule has 0 heterocycles. The molecule has 0 saturated heterocycles. The summed E-state index contributed by atoms with van der Waals surface area (Å²) in [5.41, 5.74) is 0. The molecule has 7 heteroatoms. The third kappa shape index (κ3) is 4.61. The molecular formula is C14H13Cl2NO3S. The highest BCUT2D eigenvalue weighted by molar-refractivity contribution is 7.89. The Morgan fingerprint density at radius 1 is 1.00 bits per heavy atom. The summed E-state index contributed by atoms with van der Waals surface area (Å²) >= 11 is 11.7. The fourth-order valence-corrected chi connectivity index (χ4v) is 2.93. The van der Waals surface area contributed by atoms with E-state index < -0.39 is 10.0 Å². The smallest absolute Gasteiger partial charge is 0.240 e. The van der Waals surface area contributed by atoms with Gasteiger partial charge in [-0.1, -0.05) is 35.3 Å². The van der Waals surface area contributed by atoms with E-state index in [1.807, 2.05) is 0 Å². The van der Waals surface area contributed by atoms with Crippen molar-refractivity contribution in [3.8, 4) is 5.75 Å². The van der Waals surface area contributed by atoms with Gasteiger partial charge in [0, 0.05) is 11.6 Å². The average molecular weight is 346 g/mol. The monoisotopic (exact) mass is 345 g/mol. The minimum absolute atomic E-state index is 0.135. The van der Waals surface area contributed by atoms with Crippen molar-refractivity contribution in [2.24, 2.45) is 0 Å². The highest BCUT2D eigenvalue weighted by atomic mass is 35.5. The van der Waals surface area contributed by atoms with Crippen LogP contribution in [0.1, 0.15) is 0 Å². The molecule has 4 nitrogen and oxygen atoms in total. The Balaban J connectivity index is 1.88. The van der Waals surface area contributed by atoms with E-state index in [0.29, 0.717) is 15.8 Å². The predicted octanol–water partition coefficient (Wildman–Crippen LogP) is 3.35. The van der Waals surface area contributed by atoms with Crippen molar-refractivity contribution in [1.29, 1.82) is 0 Å². The number of para-hydroxylation sites is 1. The molecule has 0 bridgehead atoms. The maximum absolute atomic E-state index is 12.0. The first-order chi connectivity index (χ1) is 9.99. The van der Waals surface area contributed by atoms with E-state index in [1.165, 1.54) is 24.3 Å². The van der Waals surface area contributed by atoms with Crippen LogP contribution in [0.2, 0.25) is 10.0 Å². The van der Waals surface area contributed by atoms with E-state index in [2.05, 4.69) is 4.72 Å². The molecule has 1 N–H and O–H groups in total. The minimum Gasteiger partial charge on any atom is -0.491 e. The number of sulfonamides is 1. The molecule has 0 spiro atoms. The Morgan fingerprint density at radius 2 is 1.67 bits per heavy atom. The molecule has 2 aromatic carbocycles. The number of ether oxygens (including phenoxy) is 1. The first-order valence-electron chi connectivity index (χ1n) is 6.11. The van der Waals surface area contributed by atoms with Gasteiger partial charge in [-0.3, -0.25) is 0 Å². The van der Waals surface area contributed by atoms with Crippen LogP contribution >= 0.6 is 23.2 Å². The molecule has 0 aromatic heterocycles. The van der Waals surface area contributed by atoms with Crippen molar-refractivity contribution >= 4 is 33.2 Å². The normalized spacial score (nSPS) is 11.3. The molecule has 0 aliphatic carbocycles. The topological polar surface area (TPSA) is 55.4 Å². The zero-order valence-corrected chi connectivity index (χ0v) is 13.3. The highest BCUT2D eigenvalue weighted by Crippen LogP contribution is 2.22. The van der Waals surface area contributed by atoms with E-state index in [-0.39, 0.29) is 18.0 Å². The quantitative estimate of drug-likeness (QED) is 0.816. The van der Waals surface area contributed by atoms with E-state index in [0.717, 1.165) is 0 Å². The van der Waals surface area contributed by atoms with Gasteiger partial charge in [-0.25, -0.2) is 13.1 Å². The SMILES string of the molecule is O=S(=O)(NCCOc1ccccc1Cl)c1ccc(Cl)cc1. The molecule has 0 fully saturated rings. The van der Waals surface area contributed by atoms with Gasteiger partial charge in [-0.2, -0.15) is 0 Å². The summed E-state index contributed by atoms with van der Waals surface area (Å²) in [5.74, 6) is 0.518. The maximum Gasteiger partial charge on any atom is 0.240 e. The van der Waals surface area contributed by atoms with Crippen LogP contribution in [-0.4, -0.2) is 21.6 Å². The largest absolute Gasteiger partial charge is 0.491 e. The number of halogens is 2. The molecule has 2 aromatic rings. The molecular weight excluding hydrogens is 333 g/mol. The van der Waals surface area contributed by atoms with Gasteiger partial charge in [0.25, 0.3) is 0 Å². The molecule has 112 valence electrons. The summed E-state index contributed by atoms with van der Waals surface area (Å²) in [5, 5.41) is 0.967. The van der Waals surface area contributed by atoms with Crippen LogP contribution in [0.5, 0.6) is 5.75 Å². The summed E-state index contributed by atoms with van der Waals surface area (Å²) < 4.78 is 31.8. The first-order valence-corrected chi connectivity index (χ1v) is 8.35. The standard InChI is InChI=1S/C14H13Cl2NO3S/c15-11-5-7-12(8-6-11)21(18,19)17-9-10-20-14-4-2-1-3-13(14)16/h1-8,17H,9-10H2. The lowest BCUT2D eigenvalue weighted by atomic mass is 10.3. The van der Waals surface area contributed by atoms with Gasteiger partial charge < -0.3 is 4.74 Å². The van der Waals surface area contributed by atoms with Crippen molar-refractivity contribution in [3.63, 3.8) is 0 Å². The Hall–Kier alpha value is -1.27. The van der Waals surface area contributed by atoms with Gasteiger partial charge >= 0.3 is 0 Å². The van der Waals surface area contributed by atoms with E-state index in [9.17, 15) is 8.42 Å². The van der Waals surface area contributed by atoms with Gasteiger partial charge in [-0.05, 0) is 36.4 Å². The maximum atomic E-state index is 12.0. The van der Waals surface area contributed by atoms with E-state index >= 15 is 0 Å². The molecule has 0 atom stereocenters. The number of nitrogens with one attached hydrogen (secondary N) is 1. The Bertz CT molecular complexity index is 702. The van der Waals surface area contributed by atoms with Crippen molar-refractivity contribution < 1.29 is 13.2 Å². The van der Waals surface area contributed by atoms with Gasteiger partial charge in [0.1, 0.15) is 12.4 Å². The summed E-state index contributed by atoms with van der Waals surface area (Å²) in [6.45, 7) is 0.312. The van der Waals surface area contributed by atoms with Crippen LogP contribution in [0.4, 0.5) is 0 Å². The highest BCUT2D eigenvalue weighted by Gasteiger charge is 2.13. The summed E-state index contributed by atoms with van der Waals surface area (Å²) in [4.78, 5) is 0.157. The van der Waals surface area contributed by atoms with Gasteiger partial charge in [0.05, 0.1) is 9.92 Å². The van der Waals surface area contributed by atoms with Crippen LogP contribution in [-0.2, 0) is 10.0 Å². The van der Waals surface area contributed by atoms with Crippen molar-refractivity contribution in [2.45, 2.75) is 4.90 Å². The molecule has 0 amide bonds.